The molecule has 0 aromatic heterocycles. The maximum absolute atomic E-state index is 10.1. The van der Waals surface area contributed by atoms with Gasteiger partial charge in [0, 0.05) is 0 Å². The van der Waals surface area contributed by atoms with E-state index in [1.807, 2.05) is 0 Å². The monoisotopic (exact) mass is 302 g/mol. The third-order valence-corrected chi connectivity index (χ3v) is 3.76. The molecule has 0 aliphatic heterocycles. The van der Waals surface area contributed by atoms with Gasteiger partial charge in [0.1, 0.15) is 11.5 Å². The van der Waals surface area contributed by atoms with Crippen molar-refractivity contribution in [1.82, 2.24) is 0 Å². The smallest absolute Gasteiger partial charge is 0.115 e. The average molecular weight is 302 g/mol. The predicted molar refractivity (Wildman–Crippen MR) is 84.6 cm³/mol. The molecule has 4 heteroatoms. The van der Waals surface area contributed by atoms with Crippen LogP contribution < -0.4 is 0 Å². The molecule has 4 nitrogen and oxygen atoms in total. The summed E-state index contributed by atoms with van der Waals surface area (Å²) in [6.07, 6.45) is 1.74. The molecule has 2 aromatic carbocycles. The Morgan fingerprint density at radius 2 is 0.909 bits per heavy atom. The van der Waals surface area contributed by atoms with Crippen LogP contribution in [0.1, 0.15) is 49.0 Å². The van der Waals surface area contributed by atoms with Crippen molar-refractivity contribution >= 4 is 0 Å². The predicted octanol–water partition coefficient (Wildman–Crippen LogP) is 3.43. The Morgan fingerprint density at radius 1 is 0.591 bits per heavy atom. The number of aromatic hydroxyl groups is 2. The van der Waals surface area contributed by atoms with E-state index in [4.69, 9.17) is 0 Å². The molecule has 0 bridgehead atoms. The van der Waals surface area contributed by atoms with E-state index in [9.17, 15) is 20.4 Å². The molecule has 0 radical (unpaired) electrons. The fourth-order valence-electron chi connectivity index (χ4n) is 2.40. The first-order valence-electron chi connectivity index (χ1n) is 7.50. The van der Waals surface area contributed by atoms with Crippen LogP contribution in [0.15, 0.2) is 48.5 Å². The number of aliphatic hydroxyl groups is 2. The molecule has 0 fully saturated rings. The Balaban J connectivity index is 1.72. The lowest BCUT2D eigenvalue weighted by molar-refractivity contribution is 0.146. The van der Waals surface area contributed by atoms with Crippen molar-refractivity contribution in [1.29, 1.82) is 0 Å². The quantitative estimate of drug-likeness (QED) is 0.591. The summed E-state index contributed by atoms with van der Waals surface area (Å²) in [6, 6.07) is 13.1. The van der Waals surface area contributed by atoms with Crippen LogP contribution in [-0.4, -0.2) is 20.4 Å². The molecule has 0 saturated heterocycles. The van der Waals surface area contributed by atoms with Gasteiger partial charge in [0.05, 0.1) is 12.2 Å². The zero-order valence-corrected chi connectivity index (χ0v) is 12.4. The Labute approximate surface area is 130 Å². The molecule has 0 amide bonds. The van der Waals surface area contributed by atoms with E-state index < -0.39 is 12.2 Å². The second-order valence-corrected chi connectivity index (χ2v) is 5.50. The van der Waals surface area contributed by atoms with Gasteiger partial charge in [-0.25, -0.2) is 0 Å². The Morgan fingerprint density at radius 3 is 1.23 bits per heavy atom. The summed E-state index contributed by atoms with van der Waals surface area (Å²) >= 11 is 0. The van der Waals surface area contributed by atoms with Gasteiger partial charge in [-0.05, 0) is 48.2 Å². The highest BCUT2D eigenvalue weighted by molar-refractivity contribution is 5.28. The minimum atomic E-state index is -0.550. The van der Waals surface area contributed by atoms with E-state index in [1.54, 1.807) is 48.5 Å². The molecule has 4 N–H and O–H groups in total. The highest BCUT2D eigenvalue weighted by Gasteiger charge is 2.10. The van der Waals surface area contributed by atoms with Crippen LogP contribution in [0.25, 0.3) is 0 Å². The van der Waals surface area contributed by atoms with Crippen LogP contribution in [0, 0.1) is 0 Å². The lowest BCUT2D eigenvalue weighted by Gasteiger charge is -2.13. The van der Waals surface area contributed by atoms with Crippen LogP contribution in [0.5, 0.6) is 11.5 Å². The van der Waals surface area contributed by atoms with E-state index >= 15 is 0 Å². The van der Waals surface area contributed by atoms with Gasteiger partial charge in [-0.1, -0.05) is 37.1 Å². The summed E-state index contributed by atoms with van der Waals surface area (Å²) in [5.74, 6) is 0.376. The average Bonchev–Trinajstić information content (AvgIpc) is 2.52. The molecule has 0 aliphatic carbocycles. The Bertz CT molecular complexity index is 509. The topological polar surface area (TPSA) is 80.9 Å². The summed E-state index contributed by atoms with van der Waals surface area (Å²) in [5.41, 5.74) is 1.58. The normalized spacial score (nSPS) is 13.7. The van der Waals surface area contributed by atoms with Crippen molar-refractivity contribution in [3.63, 3.8) is 0 Å². The molecular weight excluding hydrogens is 280 g/mol. The molecule has 2 atom stereocenters. The van der Waals surface area contributed by atoms with Crippen molar-refractivity contribution in [3.05, 3.63) is 59.7 Å². The van der Waals surface area contributed by atoms with Gasteiger partial charge in [0.2, 0.25) is 0 Å². The maximum atomic E-state index is 10.1. The number of aliphatic hydroxyl groups excluding tert-OH is 2. The zero-order valence-electron chi connectivity index (χ0n) is 12.4. The van der Waals surface area contributed by atoms with Crippen molar-refractivity contribution < 1.29 is 20.4 Å². The largest absolute Gasteiger partial charge is 0.508 e. The van der Waals surface area contributed by atoms with Gasteiger partial charge in [0.15, 0.2) is 0 Å². The summed E-state index contributed by atoms with van der Waals surface area (Å²) in [7, 11) is 0. The number of unbranched alkanes of at least 4 members (excludes halogenated alkanes) is 1. The molecule has 2 rings (SSSR count). The third-order valence-electron chi connectivity index (χ3n) is 3.76. The highest BCUT2D eigenvalue weighted by Crippen LogP contribution is 2.25. The summed E-state index contributed by atoms with van der Waals surface area (Å²) in [4.78, 5) is 0. The molecule has 0 saturated carbocycles. The second kappa shape index (κ2) is 7.82. The Kier molecular flexibility index (Phi) is 5.81. The summed E-state index contributed by atoms with van der Waals surface area (Å²) < 4.78 is 0. The fourth-order valence-corrected chi connectivity index (χ4v) is 2.40. The fraction of sp³-hybridized carbons (Fsp3) is 0.333. The first-order chi connectivity index (χ1) is 10.6. The zero-order chi connectivity index (χ0) is 15.9. The molecular formula is C18H22O4. The van der Waals surface area contributed by atoms with E-state index in [0.717, 1.165) is 24.0 Å². The first kappa shape index (κ1) is 16.3. The van der Waals surface area contributed by atoms with Crippen LogP contribution in [0.2, 0.25) is 0 Å². The number of phenolic OH excluding ortho intramolecular Hbond substituents is 2. The summed E-state index contributed by atoms with van der Waals surface area (Å²) in [6.45, 7) is 0. The lowest BCUT2D eigenvalue weighted by Crippen LogP contribution is -2.00. The molecule has 0 aliphatic rings. The van der Waals surface area contributed by atoms with E-state index in [-0.39, 0.29) is 11.5 Å². The van der Waals surface area contributed by atoms with E-state index in [0.29, 0.717) is 12.8 Å². The van der Waals surface area contributed by atoms with E-state index in [2.05, 4.69) is 0 Å². The molecule has 2 aromatic rings. The first-order valence-corrected chi connectivity index (χ1v) is 7.50. The number of phenols is 2. The SMILES string of the molecule is Oc1ccc(C(O)CCCCC(O)c2ccc(O)cc2)cc1. The second-order valence-electron chi connectivity index (χ2n) is 5.50. The van der Waals surface area contributed by atoms with Gasteiger partial charge in [-0.2, -0.15) is 0 Å². The van der Waals surface area contributed by atoms with Crippen LogP contribution >= 0.6 is 0 Å². The minimum Gasteiger partial charge on any atom is -0.508 e. The number of hydrogen-bond donors (Lipinski definition) is 4. The summed E-state index contributed by atoms with van der Waals surface area (Å²) in [5, 5.41) is 38.5. The highest BCUT2D eigenvalue weighted by atomic mass is 16.3. The van der Waals surface area contributed by atoms with E-state index in [1.165, 1.54) is 0 Å². The minimum absolute atomic E-state index is 0.188. The van der Waals surface area contributed by atoms with Crippen molar-refractivity contribution in [2.75, 3.05) is 0 Å². The van der Waals surface area contributed by atoms with Crippen LogP contribution in [0.4, 0.5) is 0 Å². The van der Waals surface area contributed by atoms with Gasteiger partial charge in [-0.3, -0.25) is 0 Å². The lowest BCUT2D eigenvalue weighted by atomic mass is 9.99. The molecule has 22 heavy (non-hydrogen) atoms. The van der Waals surface area contributed by atoms with Gasteiger partial charge in [-0.15, -0.1) is 0 Å². The maximum Gasteiger partial charge on any atom is 0.115 e. The third kappa shape index (κ3) is 4.76. The van der Waals surface area contributed by atoms with Crippen molar-refractivity contribution in [2.45, 2.75) is 37.9 Å². The molecule has 2 unspecified atom stereocenters. The van der Waals surface area contributed by atoms with Gasteiger partial charge >= 0.3 is 0 Å². The van der Waals surface area contributed by atoms with Crippen LogP contribution in [0.3, 0.4) is 0 Å². The number of rotatable bonds is 7. The van der Waals surface area contributed by atoms with Gasteiger partial charge in [0.25, 0.3) is 0 Å². The standard InChI is InChI=1S/C18H22O4/c19-15-9-5-13(6-10-15)17(21)3-1-2-4-18(22)14-7-11-16(20)12-8-14/h5-12,17-22H,1-4H2. The number of hydrogen-bond acceptors (Lipinski definition) is 4. The van der Waals surface area contributed by atoms with Crippen molar-refractivity contribution in [3.8, 4) is 11.5 Å². The molecule has 0 heterocycles. The molecule has 0 spiro atoms. The van der Waals surface area contributed by atoms with Crippen molar-refractivity contribution in [2.24, 2.45) is 0 Å². The molecule has 118 valence electrons. The number of benzene rings is 2. The van der Waals surface area contributed by atoms with Gasteiger partial charge < -0.3 is 20.4 Å². The Hall–Kier alpha value is -2.04. The van der Waals surface area contributed by atoms with Crippen LogP contribution in [-0.2, 0) is 0 Å².